The lowest BCUT2D eigenvalue weighted by Crippen LogP contribution is -1.93. The van der Waals surface area contributed by atoms with Crippen molar-refractivity contribution < 1.29 is 0 Å². The maximum atomic E-state index is 2.33. The molecule has 14 heavy (non-hydrogen) atoms. The average molecular weight is 180 g/mol. The van der Waals surface area contributed by atoms with Gasteiger partial charge in [0.25, 0.3) is 0 Å². The summed E-state index contributed by atoms with van der Waals surface area (Å²) in [6, 6.07) is 13.2. The number of hydrogen-bond donors (Lipinski definition) is 0. The summed E-state index contributed by atoms with van der Waals surface area (Å²) >= 11 is 0. The van der Waals surface area contributed by atoms with Crippen LogP contribution in [0.15, 0.2) is 42.5 Å². The number of aryl methyl sites for hydroxylation is 1. The Morgan fingerprint density at radius 2 is 1.71 bits per heavy atom. The summed E-state index contributed by atoms with van der Waals surface area (Å²) in [6.07, 6.45) is 6.88. The van der Waals surface area contributed by atoms with Gasteiger partial charge in [0.1, 0.15) is 0 Å². The standard InChI is InChI=1S/C14H12/c1-2-6-12-10-14-8-4-3-7-13(14)9-11(12)5-1/h1-3,5-7,9-10H,4,8H2. The van der Waals surface area contributed by atoms with Crippen LogP contribution < -0.4 is 0 Å². The van der Waals surface area contributed by atoms with Gasteiger partial charge in [-0.2, -0.15) is 0 Å². The van der Waals surface area contributed by atoms with Crippen LogP contribution in [0.5, 0.6) is 0 Å². The van der Waals surface area contributed by atoms with E-state index in [9.17, 15) is 0 Å². The summed E-state index contributed by atoms with van der Waals surface area (Å²) in [6.45, 7) is 0. The maximum absolute atomic E-state index is 2.33. The molecule has 1 aliphatic rings. The van der Waals surface area contributed by atoms with Crippen LogP contribution in [-0.2, 0) is 6.42 Å². The first kappa shape index (κ1) is 7.81. The van der Waals surface area contributed by atoms with E-state index in [1.165, 1.54) is 34.7 Å². The van der Waals surface area contributed by atoms with Gasteiger partial charge in [0.2, 0.25) is 0 Å². The third-order valence-electron chi connectivity index (χ3n) is 2.89. The Balaban J connectivity index is 2.34. The fourth-order valence-corrected chi connectivity index (χ4v) is 2.13. The zero-order chi connectivity index (χ0) is 9.38. The summed E-state index contributed by atoms with van der Waals surface area (Å²) in [7, 11) is 0. The molecule has 2 aromatic carbocycles. The lowest BCUT2D eigenvalue weighted by atomic mass is 9.94. The topological polar surface area (TPSA) is 0 Å². The molecule has 0 saturated heterocycles. The fourth-order valence-electron chi connectivity index (χ4n) is 2.13. The van der Waals surface area contributed by atoms with Gasteiger partial charge < -0.3 is 0 Å². The fraction of sp³-hybridized carbons (Fsp3) is 0.143. The van der Waals surface area contributed by atoms with Crippen LogP contribution in [0.25, 0.3) is 16.8 Å². The second kappa shape index (κ2) is 2.98. The lowest BCUT2D eigenvalue weighted by Gasteiger charge is -2.11. The Hall–Kier alpha value is -1.56. The Kier molecular flexibility index (Phi) is 1.66. The first-order valence-corrected chi connectivity index (χ1v) is 5.12. The molecular formula is C14H12. The third kappa shape index (κ3) is 1.15. The second-order valence-corrected chi connectivity index (χ2v) is 3.84. The van der Waals surface area contributed by atoms with Crippen LogP contribution >= 0.6 is 0 Å². The molecule has 0 spiro atoms. The van der Waals surface area contributed by atoms with E-state index in [1.807, 2.05) is 0 Å². The van der Waals surface area contributed by atoms with Gasteiger partial charge >= 0.3 is 0 Å². The molecule has 0 unspecified atom stereocenters. The highest BCUT2D eigenvalue weighted by Gasteiger charge is 2.05. The molecule has 0 bridgehead atoms. The van der Waals surface area contributed by atoms with E-state index in [0.717, 1.165) is 0 Å². The van der Waals surface area contributed by atoms with Gasteiger partial charge in [-0.05, 0) is 40.8 Å². The molecule has 0 nitrogen and oxygen atoms in total. The highest BCUT2D eigenvalue weighted by atomic mass is 14.1. The minimum atomic E-state index is 1.19. The summed E-state index contributed by atoms with van der Waals surface area (Å²) in [4.78, 5) is 0. The summed E-state index contributed by atoms with van der Waals surface area (Å²) in [5, 5.41) is 2.71. The van der Waals surface area contributed by atoms with E-state index in [1.54, 1.807) is 0 Å². The van der Waals surface area contributed by atoms with E-state index in [-0.39, 0.29) is 0 Å². The minimum Gasteiger partial charge on any atom is -0.0836 e. The van der Waals surface area contributed by atoms with Gasteiger partial charge in [0, 0.05) is 0 Å². The van der Waals surface area contributed by atoms with Crippen molar-refractivity contribution in [3.8, 4) is 0 Å². The SMILES string of the molecule is C1=Cc2cc3ccccc3cc2CC1. The van der Waals surface area contributed by atoms with Crippen molar-refractivity contribution in [2.75, 3.05) is 0 Å². The molecule has 2 aromatic rings. The summed E-state index contributed by atoms with van der Waals surface area (Å²) < 4.78 is 0. The molecule has 0 amide bonds. The van der Waals surface area contributed by atoms with Crippen molar-refractivity contribution in [3.05, 3.63) is 53.6 Å². The molecule has 0 aromatic heterocycles. The Morgan fingerprint density at radius 1 is 0.929 bits per heavy atom. The average Bonchev–Trinajstić information content (AvgIpc) is 2.26. The van der Waals surface area contributed by atoms with Crippen LogP contribution in [0.4, 0.5) is 0 Å². The molecule has 0 N–H and O–H groups in total. The van der Waals surface area contributed by atoms with Crippen LogP contribution in [-0.4, -0.2) is 0 Å². The molecule has 0 heteroatoms. The molecule has 0 radical (unpaired) electrons. The van der Waals surface area contributed by atoms with E-state index in [2.05, 4.69) is 48.6 Å². The first-order valence-electron chi connectivity index (χ1n) is 5.12. The first-order chi connectivity index (χ1) is 6.93. The lowest BCUT2D eigenvalue weighted by molar-refractivity contribution is 0.989. The quantitative estimate of drug-likeness (QED) is 0.578. The van der Waals surface area contributed by atoms with Gasteiger partial charge in [-0.15, -0.1) is 0 Å². The highest BCUT2D eigenvalue weighted by Crippen LogP contribution is 2.25. The largest absolute Gasteiger partial charge is 0.0836 e. The summed E-state index contributed by atoms with van der Waals surface area (Å²) in [5.41, 5.74) is 2.89. The zero-order valence-electron chi connectivity index (χ0n) is 8.03. The van der Waals surface area contributed by atoms with Crippen LogP contribution in [0.2, 0.25) is 0 Å². The van der Waals surface area contributed by atoms with Gasteiger partial charge in [-0.25, -0.2) is 0 Å². The normalized spacial score (nSPS) is 14.3. The third-order valence-corrected chi connectivity index (χ3v) is 2.89. The van der Waals surface area contributed by atoms with Gasteiger partial charge in [0.15, 0.2) is 0 Å². The molecule has 0 heterocycles. The molecule has 0 aliphatic heterocycles. The Bertz CT molecular complexity index is 506. The van der Waals surface area contributed by atoms with Crippen molar-refractivity contribution in [1.29, 1.82) is 0 Å². The predicted octanol–water partition coefficient (Wildman–Crippen LogP) is 3.80. The molecule has 0 fully saturated rings. The maximum Gasteiger partial charge on any atom is -0.0178 e. The summed E-state index contributed by atoms with van der Waals surface area (Å²) in [5.74, 6) is 0. The van der Waals surface area contributed by atoms with Crippen molar-refractivity contribution in [3.63, 3.8) is 0 Å². The number of allylic oxidation sites excluding steroid dienone is 1. The molecule has 0 atom stereocenters. The van der Waals surface area contributed by atoms with E-state index in [0.29, 0.717) is 0 Å². The van der Waals surface area contributed by atoms with Crippen LogP contribution in [0.1, 0.15) is 17.5 Å². The molecule has 68 valence electrons. The number of rotatable bonds is 0. The van der Waals surface area contributed by atoms with Gasteiger partial charge in [-0.1, -0.05) is 42.5 Å². The predicted molar refractivity (Wildman–Crippen MR) is 61.3 cm³/mol. The van der Waals surface area contributed by atoms with E-state index < -0.39 is 0 Å². The Morgan fingerprint density at radius 3 is 2.57 bits per heavy atom. The van der Waals surface area contributed by atoms with Gasteiger partial charge in [0.05, 0.1) is 0 Å². The van der Waals surface area contributed by atoms with Crippen molar-refractivity contribution >= 4 is 16.8 Å². The Labute approximate surface area is 83.9 Å². The molecular weight excluding hydrogens is 168 g/mol. The number of fused-ring (bicyclic) bond motifs is 2. The van der Waals surface area contributed by atoms with E-state index in [4.69, 9.17) is 0 Å². The van der Waals surface area contributed by atoms with E-state index >= 15 is 0 Å². The zero-order valence-corrected chi connectivity index (χ0v) is 8.03. The van der Waals surface area contributed by atoms with Crippen LogP contribution in [0.3, 0.4) is 0 Å². The minimum absolute atomic E-state index is 1.19. The van der Waals surface area contributed by atoms with Crippen molar-refractivity contribution in [1.82, 2.24) is 0 Å². The van der Waals surface area contributed by atoms with Crippen LogP contribution in [0, 0.1) is 0 Å². The van der Waals surface area contributed by atoms with Crippen molar-refractivity contribution in [2.45, 2.75) is 12.8 Å². The smallest absolute Gasteiger partial charge is 0.0178 e. The van der Waals surface area contributed by atoms with Crippen molar-refractivity contribution in [2.24, 2.45) is 0 Å². The molecule has 1 aliphatic carbocycles. The molecule has 3 rings (SSSR count). The highest BCUT2D eigenvalue weighted by molar-refractivity contribution is 5.86. The second-order valence-electron chi connectivity index (χ2n) is 3.84. The van der Waals surface area contributed by atoms with Gasteiger partial charge in [-0.3, -0.25) is 0 Å². The number of benzene rings is 2. The number of hydrogen-bond acceptors (Lipinski definition) is 0. The monoisotopic (exact) mass is 180 g/mol. The molecule has 0 saturated carbocycles.